The van der Waals surface area contributed by atoms with Crippen LogP contribution in [-0.2, 0) is 9.59 Å². The highest BCUT2D eigenvalue weighted by Crippen LogP contribution is 2.35. The van der Waals surface area contributed by atoms with Gasteiger partial charge in [0.1, 0.15) is 0 Å². The zero-order chi connectivity index (χ0) is 20.1. The molecular formula is C20H15Cl2N3O2S. The Hall–Kier alpha value is -2.46. The largest absolute Gasteiger partial charge is 0.325 e. The van der Waals surface area contributed by atoms with Crippen LogP contribution >= 0.6 is 35.0 Å². The van der Waals surface area contributed by atoms with Crippen LogP contribution in [0, 0.1) is 11.3 Å². The van der Waals surface area contributed by atoms with Gasteiger partial charge in [-0.15, -0.1) is 0 Å². The fourth-order valence-electron chi connectivity index (χ4n) is 2.86. The lowest BCUT2D eigenvalue weighted by atomic mass is 9.87. The van der Waals surface area contributed by atoms with Crippen LogP contribution < -0.4 is 10.6 Å². The molecule has 1 heterocycles. The number of anilines is 1. The van der Waals surface area contributed by atoms with Gasteiger partial charge in [-0.2, -0.15) is 5.26 Å². The van der Waals surface area contributed by atoms with Crippen molar-refractivity contribution in [3.05, 3.63) is 74.7 Å². The van der Waals surface area contributed by atoms with E-state index in [-0.39, 0.29) is 29.9 Å². The molecule has 1 aliphatic heterocycles. The van der Waals surface area contributed by atoms with Crippen molar-refractivity contribution < 1.29 is 9.59 Å². The van der Waals surface area contributed by atoms with E-state index in [9.17, 15) is 14.9 Å². The van der Waals surface area contributed by atoms with Gasteiger partial charge in [-0.3, -0.25) is 9.59 Å². The van der Waals surface area contributed by atoms with Crippen LogP contribution in [0.25, 0.3) is 0 Å². The molecule has 0 spiro atoms. The number of hydrogen-bond acceptors (Lipinski definition) is 4. The first-order valence-corrected chi connectivity index (χ1v) is 10.1. The Bertz CT molecular complexity index is 966. The molecule has 0 fully saturated rings. The summed E-state index contributed by atoms with van der Waals surface area (Å²) in [5.41, 5.74) is 1.83. The fraction of sp³-hybridized carbons (Fsp3) is 0.150. The fourth-order valence-corrected chi connectivity index (χ4v) is 4.27. The number of benzene rings is 2. The van der Waals surface area contributed by atoms with Crippen LogP contribution in [0.3, 0.4) is 0 Å². The molecule has 0 saturated carbocycles. The topological polar surface area (TPSA) is 82.0 Å². The molecule has 5 nitrogen and oxygen atoms in total. The molecule has 28 heavy (non-hydrogen) atoms. The molecule has 0 aliphatic carbocycles. The lowest BCUT2D eigenvalue weighted by molar-refractivity contribution is -0.121. The quantitative estimate of drug-likeness (QED) is 0.718. The Morgan fingerprint density at radius 3 is 2.54 bits per heavy atom. The maximum Gasteiger partial charge on any atom is 0.234 e. The van der Waals surface area contributed by atoms with E-state index in [1.807, 2.05) is 30.3 Å². The Labute approximate surface area is 176 Å². The number of carbonyl (C=O) groups is 2. The number of nitriles is 1. The van der Waals surface area contributed by atoms with Crippen LogP contribution in [0.1, 0.15) is 17.9 Å². The van der Waals surface area contributed by atoms with E-state index >= 15 is 0 Å². The van der Waals surface area contributed by atoms with Crippen molar-refractivity contribution in [3.8, 4) is 6.07 Å². The maximum absolute atomic E-state index is 12.3. The summed E-state index contributed by atoms with van der Waals surface area (Å²) < 4.78 is 0. The number of amides is 2. The molecule has 3 rings (SSSR count). The Morgan fingerprint density at radius 2 is 1.89 bits per heavy atom. The predicted molar refractivity (Wildman–Crippen MR) is 112 cm³/mol. The van der Waals surface area contributed by atoms with Gasteiger partial charge in [0.15, 0.2) is 0 Å². The molecule has 2 N–H and O–H groups in total. The van der Waals surface area contributed by atoms with Crippen molar-refractivity contribution in [1.29, 1.82) is 5.26 Å². The van der Waals surface area contributed by atoms with Gasteiger partial charge < -0.3 is 10.6 Å². The van der Waals surface area contributed by atoms with Crippen molar-refractivity contribution in [2.24, 2.45) is 0 Å². The molecule has 0 unspecified atom stereocenters. The van der Waals surface area contributed by atoms with Crippen molar-refractivity contribution in [2.75, 3.05) is 11.1 Å². The average Bonchev–Trinajstić information content (AvgIpc) is 2.65. The lowest BCUT2D eigenvalue weighted by Crippen LogP contribution is -2.31. The monoisotopic (exact) mass is 431 g/mol. The van der Waals surface area contributed by atoms with Crippen molar-refractivity contribution in [3.63, 3.8) is 0 Å². The van der Waals surface area contributed by atoms with Crippen LogP contribution in [0.15, 0.2) is 59.1 Å². The zero-order valence-corrected chi connectivity index (χ0v) is 16.9. The molecule has 2 aromatic carbocycles. The Balaban J connectivity index is 1.74. The minimum Gasteiger partial charge on any atom is -0.325 e. The summed E-state index contributed by atoms with van der Waals surface area (Å²) in [5.74, 6) is -0.786. The Kier molecular flexibility index (Phi) is 6.63. The first-order chi connectivity index (χ1) is 13.5. The summed E-state index contributed by atoms with van der Waals surface area (Å²) in [5, 5.41) is 16.3. The van der Waals surface area contributed by atoms with Gasteiger partial charge >= 0.3 is 0 Å². The van der Waals surface area contributed by atoms with Gasteiger partial charge in [0.05, 0.1) is 22.4 Å². The van der Waals surface area contributed by atoms with E-state index in [4.69, 9.17) is 23.2 Å². The maximum atomic E-state index is 12.3. The van der Waals surface area contributed by atoms with Gasteiger partial charge in [-0.1, -0.05) is 65.3 Å². The molecule has 2 aromatic rings. The predicted octanol–water partition coefficient (Wildman–Crippen LogP) is 4.70. The third-order valence-electron chi connectivity index (χ3n) is 4.05. The molecule has 1 aliphatic rings. The standard InChI is InChI=1S/C20H15Cl2N3O2S/c21-13-6-14(22)8-15(7-13)24-19(27)11-28-20-17(10-23)16(9-18(26)25-20)12-4-2-1-3-5-12/h1-8,16H,9,11H2,(H,24,27)(H,25,26)/t16-/m0/s1. The minimum absolute atomic E-state index is 0.0203. The first kappa shape index (κ1) is 20.3. The van der Waals surface area contributed by atoms with E-state index in [1.165, 1.54) is 0 Å². The number of rotatable bonds is 5. The normalized spacial score (nSPS) is 16.3. The lowest BCUT2D eigenvalue weighted by Gasteiger charge is -2.25. The van der Waals surface area contributed by atoms with E-state index in [0.29, 0.717) is 26.3 Å². The second-order valence-corrected chi connectivity index (χ2v) is 7.92. The van der Waals surface area contributed by atoms with Gasteiger partial charge in [-0.25, -0.2) is 0 Å². The van der Waals surface area contributed by atoms with E-state index in [1.54, 1.807) is 18.2 Å². The second-order valence-electron chi connectivity index (χ2n) is 6.07. The molecule has 0 aromatic heterocycles. The van der Waals surface area contributed by atoms with Crippen molar-refractivity contribution in [2.45, 2.75) is 12.3 Å². The van der Waals surface area contributed by atoms with Gasteiger partial charge in [-0.05, 0) is 23.8 Å². The number of allylic oxidation sites excluding steroid dienone is 1. The molecule has 0 radical (unpaired) electrons. The summed E-state index contributed by atoms with van der Waals surface area (Å²) >= 11 is 13.0. The number of hydrogen-bond donors (Lipinski definition) is 2. The van der Waals surface area contributed by atoms with Crippen LogP contribution in [-0.4, -0.2) is 17.6 Å². The van der Waals surface area contributed by atoms with Gasteiger partial charge in [0.25, 0.3) is 0 Å². The third kappa shape index (κ3) is 5.08. The Morgan fingerprint density at radius 1 is 1.21 bits per heavy atom. The highest BCUT2D eigenvalue weighted by atomic mass is 35.5. The number of nitrogens with zero attached hydrogens (tertiary/aromatic N) is 1. The number of thioether (sulfide) groups is 1. The summed E-state index contributed by atoms with van der Waals surface area (Å²) in [4.78, 5) is 24.4. The van der Waals surface area contributed by atoms with Gasteiger partial charge in [0, 0.05) is 28.1 Å². The van der Waals surface area contributed by atoms with E-state index < -0.39 is 0 Å². The molecule has 142 valence electrons. The summed E-state index contributed by atoms with van der Waals surface area (Å²) in [6, 6.07) is 16.3. The van der Waals surface area contributed by atoms with Crippen molar-refractivity contribution in [1.82, 2.24) is 5.32 Å². The summed E-state index contributed by atoms with van der Waals surface area (Å²) in [6.07, 6.45) is 0.199. The first-order valence-electron chi connectivity index (χ1n) is 8.34. The highest BCUT2D eigenvalue weighted by Gasteiger charge is 2.29. The van der Waals surface area contributed by atoms with E-state index in [2.05, 4.69) is 16.7 Å². The average molecular weight is 432 g/mol. The number of nitrogens with one attached hydrogen (secondary N) is 2. The molecule has 2 amide bonds. The van der Waals surface area contributed by atoms with Crippen LogP contribution in [0.5, 0.6) is 0 Å². The SMILES string of the molecule is N#CC1=C(SCC(=O)Nc2cc(Cl)cc(Cl)c2)NC(=O)C[C@H]1c1ccccc1. The summed E-state index contributed by atoms with van der Waals surface area (Å²) in [7, 11) is 0. The molecular weight excluding hydrogens is 417 g/mol. The third-order valence-corrected chi connectivity index (χ3v) is 5.51. The molecule has 0 saturated heterocycles. The number of halogens is 2. The van der Waals surface area contributed by atoms with Gasteiger partial charge in [0.2, 0.25) is 11.8 Å². The van der Waals surface area contributed by atoms with Crippen LogP contribution in [0.4, 0.5) is 5.69 Å². The van der Waals surface area contributed by atoms with Crippen LogP contribution in [0.2, 0.25) is 10.0 Å². The zero-order valence-electron chi connectivity index (χ0n) is 14.5. The number of carbonyl (C=O) groups excluding carboxylic acids is 2. The molecule has 8 heteroatoms. The van der Waals surface area contributed by atoms with E-state index in [0.717, 1.165) is 17.3 Å². The highest BCUT2D eigenvalue weighted by molar-refractivity contribution is 8.03. The van der Waals surface area contributed by atoms with Crippen molar-refractivity contribution >= 4 is 52.5 Å². The molecule has 0 bridgehead atoms. The minimum atomic E-state index is -0.322. The molecule has 1 atom stereocenters. The summed E-state index contributed by atoms with van der Waals surface area (Å²) in [6.45, 7) is 0. The second kappa shape index (κ2) is 9.16. The smallest absolute Gasteiger partial charge is 0.234 e.